The van der Waals surface area contributed by atoms with E-state index in [1.54, 1.807) is 4.90 Å². The monoisotopic (exact) mass is 346 g/mol. The fraction of sp³-hybridized carbons (Fsp3) is 0.529. The minimum Gasteiger partial charge on any atom is -0.465 e. The van der Waals surface area contributed by atoms with Crippen LogP contribution in [0.5, 0.6) is 0 Å². The smallest absolute Gasteiger partial charge is 0.465 e. The van der Waals surface area contributed by atoms with Crippen molar-refractivity contribution >= 4 is 30.3 Å². The van der Waals surface area contributed by atoms with E-state index in [-0.39, 0.29) is 18.4 Å². The molecule has 0 bridgehead atoms. The highest BCUT2D eigenvalue weighted by Crippen LogP contribution is 2.36. The molecule has 3 rings (SSSR count). The van der Waals surface area contributed by atoms with Crippen LogP contribution < -0.4 is 15.7 Å². The number of amides is 2. The zero-order chi connectivity index (χ0) is 18.4. The molecule has 2 aliphatic heterocycles. The number of nitrogens with zero attached hydrogens (tertiary/aromatic N) is 1. The van der Waals surface area contributed by atoms with Gasteiger partial charge in [-0.2, -0.15) is 0 Å². The van der Waals surface area contributed by atoms with E-state index in [9.17, 15) is 9.59 Å². The molecule has 2 saturated heterocycles. The minimum atomic E-state index is -1.12. The first-order chi connectivity index (χ1) is 11.6. The normalized spacial score (nSPS) is 24.6. The maximum atomic E-state index is 12.1. The Morgan fingerprint density at radius 3 is 2.28 bits per heavy atom. The lowest BCUT2D eigenvalue weighted by Crippen LogP contribution is -2.41. The van der Waals surface area contributed by atoms with E-state index >= 15 is 0 Å². The van der Waals surface area contributed by atoms with E-state index in [1.807, 2.05) is 52.0 Å². The summed E-state index contributed by atoms with van der Waals surface area (Å²) in [6.07, 6.45) is -0.943. The van der Waals surface area contributed by atoms with Crippen LogP contribution in [0.2, 0.25) is 0 Å². The van der Waals surface area contributed by atoms with E-state index < -0.39 is 24.4 Å². The average molecular weight is 346 g/mol. The maximum Gasteiger partial charge on any atom is 0.494 e. The number of hydrogen-bond acceptors (Lipinski definition) is 4. The van der Waals surface area contributed by atoms with Crippen LogP contribution >= 0.6 is 0 Å². The summed E-state index contributed by atoms with van der Waals surface area (Å²) in [5, 5.41) is 11.2. The number of carboxylic acid groups (broad SMARTS) is 1. The number of rotatable bonds is 3. The molecule has 1 aromatic rings. The summed E-state index contributed by atoms with van der Waals surface area (Å²) in [5.41, 5.74) is 0.808. The lowest BCUT2D eigenvalue weighted by molar-refractivity contribution is -0.117. The molecule has 25 heavy (non-hydrogen) atoms. The molecule has 0 saturated carbocycles. The molecule has 0 aliphatic carbocycles. The van der Waals surface area contributed by atoms with Gasteiger partial charge < -0.3 is 24.6 Å². The van der Waals surface area contributed by atoms with Gasteiger partial charge in [0.1, 0.15) is 0 Å². The maximum absolute atomic E-state index is 12.1. The molecule has 2 heterocycles. The standard InChI is InChI=1S/C17H23BN2O5/c1-16(2)17(3,4)25-18(24-16)11-5-7-13(8-6-11)20-10-12(9-14(20)21)19-15(22)23/h5-8,12,19H,9-10H2,1-4H3,(H,22,23). The van der Waals surface area contributed by atoms with Gasteiger partial charge in [-0.15, -0.1) is 0 Å². The molecule has 8 heteroatoms. The molecule has 2 amide bonds. The predicted molar refractivity (Wildman–Crippen MR) is 94.1 cm³/mol. The van der Waals surface area contributed by atoms with Crippen LogP contribution in [0.15, 0.2) is 24.3 Å². The lowest BCUT2D eigenvalue weighted by atomic mass is 9.79. The average Bonchev–Trinajstić information content (AvgIpc) is 2.95. The second kappa shape index (κ2) is 6.03. The molecule has 0 radical (unpaired) electrons. The van der Waals surface area contributed by atoms with Gasteiger partial charge in [0.05, 0.1) is 17.2 Å². The fourth-order valence-electron chi connectivity index (χ4n) is 3.02. The van der Waals surface area contributed by atoms with Gasteiger partial charge in [-0.25, -0.2) is 4.79 Å². The number of nitrogens with one attached hydrogen (secondary N) is 1. The molecule has 1 atom stereocenters. The van der Waals surface area contributed by atoms with E-state index in [0.29, 0.717) is 6.54 Å². The van der Waals surface area contributed by atoms with Crippen molar-refractivity contribution in [3.63, 3.8) is 0 Å². The van der Waals surface area contributed by atoms with Crippen molar-refractivity contribution in [2.24, 2.45) is 0 Å². The third kappa shape index (κ3) is 3.36. The van der Waals surface area contributed by atoms with Crippen molar-refractivity contribution in [1.82, 2.24) is 5.32 Å². The lowest BCUT2D eigenvalue weighted by Gasteiger charge is -2.32. The third-order valence-electron chi connectivity index (χ3n) is 5.18. The van der Waals surface area contributed by atoms with Gasteiger partial charge in [0.15, 0.2) is 0 Å². The van der Waals surface area contributed by atoms with Gasteiger partial charge in [-0.3, -0.25) is 4.79 Å². The molecule has 2 fully saturated rings. The Labute approximate surface area is 147 Å². The van der Waals surface area contributed by atoms with Crippen LogP contribution in [-0.2, 0) is 14.1 Å². The van der Waals surface area contributed by atoms with Crippen LogP contribution in [0, 0.1) is 0 Å². The largest absolute Gasteiger partial charge is 0.494 e. The van der Waals surface area contributed by atoms with Gasteiger partial charge in [0, 0.05) is 18.7 Å². The summed E-state index contributed by atoms with van der Waals surface area (Å²) in [5.74, 6) is -0.0952. The minimum absolute atomic E-state index is 0.0952. The zero-order valence-corrected chi connectivity index (χ0v) is 14.9. The summed E-state index contributed by atoms with van der Waals surface area (Å²) in [4.78, 5) is 24.4. The zero-order valence-electron chi connectivity index (χ0n) is 14.9. The molecular weight excluding hydrogens is 323 g/mol. The molecule has 134 valence electrons. The van der Waals surface area contributed by atoms with E-state index in [4.69, 9.17) is 14.4 Å². The van der Waals surface area contributed by atoms with Crippen molar-refractivity contribution in [1.29, 1.82) is 0 Å². The quantitative estimate of drug-likeness (QED) is 0.807. The van der Waals surface area contributed by atoms with E-state index in [0.717, 1.165) is 11.2 Å². The van der Waals surface area contributed by atoms with Gasteiger partial charge >= 0.3 is 13.2 Å². The Morgan fingerprint density at radius 2 is 1.76 bits per heavy atom. The molecular formula is C17H23BN2O5. The number of benzene rings is 1. The Balaban J connectivity index is 1.71. The topological polar surface area (TPSA) is 88.1 Å². The highest BCUT2D eigenvalue weighted by molar-refractivity contribution is 6.62. The molecule has 1 aromatic carbocycles. The van der Waals surface area contributed by atoms with Gasteiger partial charge in [0.2, 0.25) is 5.91 Å². The highest BCUT2D eigenvalue weighted by atomic mass is 16.7. The Morgan fingerprint density at radius 1 is 1.20 bits per heavy atom. The Kier molecular flexibility index (Phi) is 4.29. The van der Waals surface area contributed by atoms with Crippen LogP contribution in [-0.4, -0.2) is 48.0 Å². The van der Waals surface area contributed by atoms with Crippen molar-refractivity contribution in [2.75, 3.05) is 11.4 Å². The fourth-order valence-corrected chi connectivity index (χ4v) is 3.02. The van der Waals surface area contributed by atoms with Gasteiger partial charge in [0.25, 0.3) is 0 Å². The van der Waals surface area contributed by atoms with Crippen LogP contribution in [0.1, 0.15) is 34.1 Å². The predicted octanol–water partition coefficient (Wildman–Crippen LogP) is 1.36. The van der Waals surface area contributed by atoms with Crippen LogP contribution in [0.4, 0.5) is 10.5 Å². The number of anilines is 1. The molecule has 1 unspecified atom stereocenters. The van der Waals surface area contributed by atoms with Crippen LogP contribution in [0.25, 0.3) is 0 Å². The molecule has 7 nitrogen and oxygen atoms in total. The molecule has 2 aliphatic rings. The number of carbonyl (C=O) groups is 2. The highest BCUT2D eigenvalue weighted by Gasteiger charge is 2.51. The summed E-state index contributed by atoms with van der Waals surface area (Å²) < 4.78 is 12.0. The first-order valence-electron chi connectivity index (χ1n) is 8.34. The molecule has 2 N–H and O–H groups in total. The van der Waals surface area contributed by atoms with E-state index in [2.05, 4.69) is 5.32 Å². The first kappa shape index (κ1) is 17.8. The molecule has 0 aromatic heterocycles. The second-order valence-corrected chi connectivity index (χ2v) is 7.53. The van der Waals surface area contributed by atoms with Crippen molar-refractivity contribution in [3.05, 3.63) is 24.3 Å². The van der Waals surface area contributed by atoms with Crippen molar-refractivity contribution in [3.8, 4) is 0 Å². The SMILES string of the molecule is CC1(C)OB(c2ccc(N3CC(NC(=O)O)CC3=O)cc2)OC1(C)C. The first-order valence-corrected chi connectivity index (χ1v) is 8.34. The summed E-state index contributed by atoms with van der Waals surface area (Å²) in [7, 11) is -0.449. The van der Waals surface area contributed by atoms with Gasteiger partial charge in [-0.05, 0) is 45.3 Å². The Hall–Kier alpha value is -2.06. The number of carbonyl (C=O) groups excluding carboxylic acids is 1. The van der Waals surface area contributed by atoms with E-state index in [1.165, 1.54) is 0 Å². The molecule has 0 spiro atoms. The summed E-state index contributed by atoms with van der Waals surface area (Å²) >= 11 is 0. The van der Waals surface area contributed by atoms with Crippen LogP contribution in [0.3, 0.4) is 0 Å². The third-order valence-corrected chi connectivity index (χ3v) is 5.18. The second-order valence-electron chi connectivity index (χ2n) is 7.53. The van der Waals surface area contributed by atoms with Crippen molar-refractivity contribution < 1.29 is 24.0 Å². The van der Waals surface area contributed by atoms with Gasteiger partial charge in [-0.1, -0.05) is 12.1 Å². The summed E-state index contributed by atoms with van der Waals surface area (Å²) in [6, 6.07) is 7.04. The Bertz CT molecular complexity index is 673. The van der Waals surface area contributed by atoms with Crippen molar-refractivity contribution in [2.45, 2.75) is 51.4 Å². The number of hydrogen-bond donors (Lipinski definition) is 2. The summed E-state index contributed by atoms with van der Waals surface area (Å²) in [6.45, 7) is 8.33.